The van der Waals surface area contributed by atoms with Crippen LogP contribution in [-0.2, 0) is 5.60 Å². The average Bonchev–Trinajstić information content (AvgIpc) is 2.87. The molecule has 0 unspecified atom stereocenters. The standard InChI is InChI=1S/C20H25NO.CH3I/c1-15(2)21(3)14-8-13-20(22)18-11-6-4-9-16(18)17-10-5-7-12-19(17)20;1-2/h4-7,9-12,15,22H,8,13-14H2,1-3H3;1H3. The van der Waals surface area contributed by atoms with E-state index in [4.69, 9.17) is 0 Å². The summed E-state index contributed by atoms with van der Waals surface area (Å²) in [6.07, 6.45) is 1.74. The second kappa shape index (κ2) is 8.45. The van der Waals surface area contributed by atoms with E-state index in [1.54, 1.807) is 0 Å². The van der Waals surface area contributed by atoms with Crippen molar-refractivity contribution in [2.45, 2.75) is 38.3 Å². The lowest BCUT2D eigenvalue weighted by Gasteiger charge is -2.28. The minimum atomic E-state index is -0.842. The second-order valence-electron chi connectivity index (χ2n) is 6.63. The minimum absolute atomic E-state index is 0.540. The van der Waals surface area contributed by atoms with Gasteiger partial charge in [-0.2, -0.15) is 0 Å². The summed E-state index contributed by atoms with van der Waals surface area (Å²) in [6, 6.07) is 17.1. The van der Waals surface area contributed by atoms with E-state index in [0.717, 1.165) is 30.5 Å². The summed E-state index contributed by atoms with van der Waals surface area (Å²) in [4.78, 5) is 4.30. The fraction of sp³-hybridized carbons (Fsp3) is 0.429. The van der Waals surface area contributed by atoms with E-state index in [0.29, 0.717) is 6.04 Å². The summed E-state index contributed by atoms with van der Waals surface area (Å²) >= 11 is 2.15. The van der Waals surface area contributed by atoms with E-state index >= 15 is 0 Å². The fourth-order valence-electron chi connectivity index (χ4n) is 3.41. The van der Waals surface area contributed by atoms with E-state index < -0.39 is 5.60 Å². The van der Waals surface area contributed by atoms with Gasteiger partial charge in [-0.3, -0.25) is 0 Å². The van der Waals surface area contributed by atoms with Crippen molar-refractivity contribution in [1.29, 1.82) is 0 Å². The molecule has 0 aromatic heterocycles. The van der Waals surface area contributed by atoms with Crippen molar-refractivity contribution in [1.82, 2.24) is 4.90 Å². The van der Waals surface area contributed by atoms with Crippen molar-refractivity contribution in [2.24, 2.45) is 0 Å². The maximum Gasteiger partial charge on any atom is 0.116 e. The number of nitrogens with zero attached hydrogens (tertiary/aromatic N) is 1. The van der Waals surface area contributed by atoms with Gasteiger partial charge in [-0.05, 0) is 67.5 Å². The van der Waals surface area contributed by atoms with Gasteiger partial charge in [0.05, 0.1) is 0 Å². The molecule has 0 fully saturated rings. The molecular formula is C21H28INO. The Morgan fingerprint density at radius 1 is 0.958 bits per heavy atom. The summed E-state index contributed by atoms with van der Waals surface area (Å²) < 4.78 is 0. The predicted molar refractivity (Wildman–Crippen MR) is 112 cm³/mol. The summed E-state index contributed by atoms with van der Waals surface area (Å²) in [7, 11) is 2.14. The third-order valence-corrected chi connectivity index (χ3v) is 4.97. The van der Waals surface area contributed by atoms with Gasteiger partial charge >= 0.3 is 0 Å². The van der Waals surface area contributed by atoms with Crippen molar-refractivity contribution in [2.75, 3.05) is 18.5 Å². The summed E-state index contributed by atoms with van der Waals surface area (Å²) in [5.74, 6) is 0. The predicted octanol–water partition coefficient (Wildman–Crippen LogP) is 5.07. The van der Waals surface area contributed by atoms with Gasteiger partial charge in [-0.1, -0.05) is 71.1 Å². The SMILES string of the molecule is CC(C)N(C)CCCC1(O)c2ccccc2-c2ccccc21.CI. The van der Waals surface area contributed by atoms with Crippen LogP contribution in [0.1, 0.15) is 37.8 Å². The van der Waals surface area contributed by atoms with Gasteiger partial charge < -0.3 is 10.0 Å². The number of aliphatic hydroxyl groups is 1. The average molecular weight is 437 g/mol. The van der Waals surface area contributed by atoms with E-state index in [2.05, 4.69) is 72.7 Å². The maximum absolute atomic E-state index is 11.4. The zero-order valence-corrected chi connectivity index (χ0v) is 17.2. The molecule has 130 valence electrons. The Hall–Kier alpha value is -0.910. The van der Waals surface area contributed by atoms with Crippen LogP contribution < -0.4 is 0 Å². The molecule has 3 rings (SSSR count). The molecule has 1 aliphatic rings. The van der Waals surface area contributed by atoms with Crippen LogP contribution in [0.15, 0.2) is 48.5 Å². The summed E-state index contributed by atoms with van der Waals surface area (Å²) in [5, 5.41) is 11.4. The molecule has 2 aromatic carbocycles. The number of halogens is 1. The number of rotatable bonds is 5. The van der Waals surface area contributed by atoms with E-state index in [1.165, 1.54) is 11.1 Å². The lowest BCUT2D eigenvalue weighted by Crippen LogP contribution is -2.30. The molecule has 0 saturated heterocycles. The Morgan fingerprint density at radius 2 is 1.42 bits per heavy atom. The van der Waals surface area contributed by atoms with Crippen LogP contribution in [-0.4, -0.2) is 34.6 Å². The second-order valence-corrected chi connectivity index (χ2v) is 6.63. The Balaban J connectivity index is 0.00000100. The molecule has 2 aromatic rings. The lowest BCUT2D eigenvalue weighted by atomic mass is 9.87. The monoisotopic (exact) mass is 437 g/mol. The van der Waals surface area contributed by atoms with Gasteiger partial charge in [0.15, 0.2) is 0 Å². The van der Waals surface area contributed by atoms with Crippen LogP contribution in [0.3, 0.4) is 0 Å². The first-order chi connectivity index (χ1) is 11.5. The van der Waals surface area contributed by atoms with Crippen molar-refractivity contribution >= 4 is 22.6 Å². The minimum Gasteiger partial charge on any atom is -0.380 e. The molecule has 0 radical (unpaired) electrons. The third kappa shape index (κ3) is 3.68. The highest BCUT2D eigenvalue weighted by Crippen LogP contribution is 2.49. The lowest BCUT2D eigenvalue weighted by molar-refractivity contribution is 0.0692. The van der Waals surface area contributed by atoms with Crippen LogP contribution in [0, 0.1) is 0 Å². The van der Waals surface area contributed by atoms with Gasteiger partial charge in [-0.15, -0.1) is 0 Å². The van der Waals surface area contributed by atoms with Crippen molar-refractivity contribution < 1.29 is 5.11 Å². The van der Waals surface area contributed by atoms with Gasteiger partial charge in [0.1, 0.15) is 5.60 Å². The van der Waals surface area contributed by atoms with Crippen LogP contribution >= 0.6 is 22.6 Å². The van der Waals surface area contributed by atoms with Gasteiger partial charge in [-0.25, -0.2) is 0 Å². The molecule has 1 aliphatic carbocycles. The highest BCUT2D eigenvalue weighted by Gasteiger charge is 2.40. The quantitative estimate of drug-likeness (QED) is 0.521. The molecule has 0 saturated carbocycles. The molecule has 0 aliphatic heterocycles. The highest BCUT2D eigenvalue weighted by atomic mass is 127. The molecule has 0 amide bonds. The van der Waals surface area contributed by atoms with E-state index in [-0.39, 0.29) is 0 Å². The number of alkyl halides is 1. The first kappa shape index (κ1) is 19.4. The number of hydrogen-bond donors (Lipinski definition) is 1. The van der Waals surface area contributed by atoms with Crippen molar-refractivity contribution in [3.8, 4) is 11.1 Å². The summed E-state index contributed by atoms with van der Waals surface area (Å²) in [5.41, 5.74) is 3.63. The molecule has 0 bridgehead atoms. The Bertz CT molecular complexity index is 623. The fourth-order valence-corrected chi connectivity index (χ4v) is 3.41. The van der Waals surface area contributed by atoms with Gasteiger partial charge in [0, 0.05) is 6.04 Å². The van der Waals surface area contributed by atoms with Crippen LogP contribution in [0.25, 0.3) is 11.1 Å². The van der Waals surface area contributed by atoms with Crippen LogP contribution in [0.5, 0.6) is 0 Å². The molecule has 1 N–H and O–H groups in total. The first-order valence-corrected chi connectivity index (χ1v) is 10.7. The Kier molecular flexibility index (Phi) is 6.84. The largest absolute Gasteiger partial charge is 0.380 e. The third-order valence-electron chi connectivity index (χ3n) is 4.97. The zero-order chi connectivity index (χ0) is 17.7. The molecule has 0 atom stereocenters. The molecule has 2 nitrogen and oxygen atoms in total. The molecule has 24 heavy (non-hydrogen) atoms. The van der Waals surface area contributed by atoms with Gasteiger partial charge in [0.2, 0.25) is 0 Å². The normalized spacial score (nSPS) is 14.2. The Labute approximate surface area is 160 Å². The van der Waals surface area contributed by atoms with E-state index in [1.807, 2.05) is 29.2 Å². The van der Waals surface area contributed by atoms with Crippen molar-refractivity contribution in [3.63, 3.8) is 0 Å². The maximum atomic E-state index is 11.4. The van der Waals surface area contributed by atoms with Crippen LogP contribution in [0.4, 0.5) is 0 Å². The smallest absolute Gasteiger partial charge is 0.116 e. The Morgan fingerprint density at radius 3 is 1.88 bits per heavy atom. The molecule has 0 heterocycles. The number of fused-ring (bicyclic) bond motifs is 3. The molecule has 3 heteroatoms. The highest BCUT2D eigenvalue weighted by molar-refractivity contribution is 14.1. The number of benzene rings is 2. The zero-order valence-electron chi connectivity index (χ0n) is 15.1. The van der Waals surface area contributed by atoms with E-state index in [9.17, 15) is 5.11 Å². The first-order valence-electron chi connectivity index (χ1n) is 8.54. The van der Waals surface area contributed by atoms with Gasteiger partial charge in [0.25, 0.3) is 0 Å². The topological polar surface area (TPSA) is 23.5 Å². The van der Waals surface area contributed by atoms with Crippen molar-refractivity contribution in [3.05, 3.63) is 59.7 Å². The summed E-state index contributed by atoms with van der Waals surface area (Å²) in [6.45, 7) is 5.41. The molecular weight excluding hydrogens is 409 g/mol. The van der Waals surface area contributed by atoms with Crippen LogP contribution in [0.2, 0.25) is 0 Å². The number of hydrogen-bond acceptors (Lipinski definition) is 2. The molecule has 0 spiro atoms.